The third-order valence-corrected chi connectivity index (χ3v) is 4.93. The summed E-state index contributed by atoms with van der Waals surface area (Å²) in [5, 5.41) is 12.5. The molecule has 0 saturated heterocycles. The van der Waals surface area contributed by atoms with Crippen molar-refractivity contribution >= 4 is 32.1 Å². The molecule has 0 aromatic carbocycles. The van der Waals surface area contributed by atoms with Crippen LogP contribution in [0, 0.1) is 0 Å². The zero-order valence-corrected chi connectivity index (χ0v) is 12.0. The predicted molar refractivity (Wildman–Crippen MR) is 79.2 cm³/mol. The number of pyridine rings is 1. The number of fused-ring (bicyclic) bond motifs is 1. The van der Waals surface area contributed by atoms with Gasteiger partial charge in [-0.15, -0.1) is 22.7 Å². The van der Waals surface area contributed by atoms with Gasteiger partial charge in [0.2, 0.25) is 0 Å². The first-order chi connectivity index (χ1) is 9.28. The maximum atomic E-state index is 10.4. The summed E-state index contributed by atoms with van der Waals surface area (Å²) in [6, 6.07) is 5.97. The number of rotatable bonds is 4. The van der Waals surface area contributed by atoms with Crippen LogP contribution in [0.25, 0.3) is 9.40 Å². The van der Waals surface area contributed by atoms with Crippen molar-refractivity contribution in [1.82, 2.24) is 4.98 Å². The summed E-state index contributed by atoms with van der Waals surface area (Å²) in [5.41, 5.74) is 0.764. The zero-order chi connectivity index (χ0) is 13.2. The van der Waals surface area contributed by atoms with Crippen LogP contribution in [0.1, 0.15) is 23.5 Å². The summed E-state index contributed by atoms with van der Waals surface area (Å²) >= 11 is 3.31. The Morgan fingerprint density at radius 3 is 3.00 bits per heavy atom. The Balaban J connectivity index is 1.92. The van der Waals surface area contributed by atoms with E-state index < -0.39 is 6.10 Å². The molecule has 0 amide bonds. The highest BCUT2D eigenvalue weighted by molar-refractivity contribution is 7.26. The second kappa shape index (κ2) is 5.28. The zero-order valence-electron chi connectivity index (χ0n) is 10.4. The average Bonchev–Trinajstić information content (AvgIpc) is 2.99. The molecule has 5 heteroatoms. The lowest BCUT2D eigenvalue weighted by molar-refractivity contribution is 0.223. The SMILES string of the molecule is CCOc1cncc(C(O)c2cc3sccc3s2)c1. The van der Waals surface area contributed by atoms with Crippen LogP contribution in [0.15, 0.2) is 36.0 Å². The molecule has 0 aliphatic heterocycles. The van der Waals surface area contributed by atoms with Gasteiger partial charge in [-0.1, -0.05) is 0 Å². The minimum absolute atomic E-state index is 0.593. The van der Waals surface area contributed by atoms with Crippen LogP contribution in [0.2, 0.25) is 0 Å². The maximum Gasteiger partial charge on any atom is 0.137 e. The summed E-state index contributed by atoms with van der Waals surface area (Å²) in [7, 11) is 0. The Hall–Kier alpha value is -1.43. The smallest absolute Gasteiger partial charge is 0.137 e. The third-order valence-electron chi connectivity index (χ3n) is 2.79. The van der Waals surface area contributed by atoms with Gasteiger partial charge < -0.3 is 9.84 Å². The third kappa shape index (κ3) is 2.49. The second-order valence-electron chi connectivity index (χ2n) is 4.09. The molecule has 0 fully saturated rings. The molecule has 0 spiro atoms. The Labute approximate surface area is 119 Å². The molecule has 0 saturated carbocycles. The van der Waals surface area contributed by atoms with E-state index in [0.29, 0.717) is 12.4 Å². The fourth-order valence-electron chi connectivity index (χ4n) is 1.91. The lowest BCUT2D eigenvalue weighted by atomic mass is 10.1. The molecule has 3 aromatic heterocycles. The van der Waals surface area contributed by atoms with Gasteiger partial charge >= 0.3 is 0 Å². The summed E-state index contributed by atoms with van der Waals surface area (Å²) in [5.74, 6) is 0.692. The van der Waals surface area contributed by atoms with Crippen LogP contribution < -0.4 is 4.74 Å². The number of hydrogen-bond acceptors (Lipinski definition) is 5. The van der Waals surface area contributed by atoms with Gasteiger partial charge in [0, 0.05) is 26.0 Å². The van der Waals surface area contributed by atoms with Crippen LogP contribution in [0.3, 0.4) is 0 Å². The van der Waals surface area contributed by atoms with Crippen LogP contribution in [0.4, 0.5) is 0 Å². The summed E-state index contributed by atoms with van der Waals surface area (Å²) in [6.07, 6.45) is 2.70. The van der Waals surface area contributed by atoms with Crippen molar-refractivity contribution in [1.29, 1.82) is 0 Å². The molecule has 1 N–H and O–H groups in total. The van der Waals surface area contributed by atoms with E-state index in [2.05, 4.69) is 16.4 Å². The summed E-state index contributed by atoms with van der Waals surface area (Å²) in [6.45, 7) is 2.52. The van der Waals surface area contributed by atoms with Crippen molar-refractivity contribution in [3.05, 3.63) is 46.4 Å². The van der Waals surface area contributed by atoms with Gasteiger partial charge in [0.1, 0.15) is 11.9 Å². The Bertz CT molecular complexity index is 661. The molecule has 0 aliphatic carbocycles. The number of aromatic nitrogens is 1. The van der Waals surface area contributed by atoms with Gasteiger partial charge in [0.05, 0.1) is 12.8 Å². The average molecular weight is 291 g/mol. The molecule has 0 radical (unpaired) electrons. The molecule has 0 aliphatic rings. The van der Waals surface area contributed by atoms with E-state index in [1.165, 1.54) is 9.40 Å². The lowest BCUT2D eigenvalue weighted by Gasteiger charge is -2.10. The molecule has 1 unspecified atom stereocenters. The monoisotopic (exact) mass is 291 g/mol. The van der Waals surface area contributed by atoms with Crippen molar-refractivity contribution < 1.29 is 9.84 Å². The van der Waals surface area contributed by atoms with Gasteiger partial charge in [0.25, 0.3) is 0 Å². The first kappa shape index (κ1) is 12.6. The maximum absolute atomic E-state index is 10.4. The minimum atomic E-state index is -0.641. The van der Waals surface area contributed by atoms with Gasteiger partial charge in [0.15, 0.2) is 0 Å². The van der Waals surface area contributed by atoms with Crippen LogP contribution in [0.5, 0.6) is 5.75 Å². The molecule has 19 heavy (non-hydrogen) atoms. The molecule has 3 aromatic rings. The number of hydrogen-bond donors (Lipinski definition) is 1. The van der Waals surface area contributed by atoms with E-state index >= 15 is 0 Å². The van der Waals surface area contributed by atoms with Gasteiger partial charge in [-0.05, 0) is 30.5 Å². The van der Waals surface area contributed by atoms with E-state index in [-0.39, 0.29) is 0 Å². The van der Waals surface area contributed by atoms with E-state index in [4.69, 9.17) is 4.74 Å². The number of aliphatic hydroxyl groups is 1. The normalized spacial score (nSPS) is 12.7. The molecule has 98 valence electrons. The fraction of sp³-hybridized carbons (Fsp3) is 0.214. The predicted octanol–water partition coefficient (Wildman–Crippen LogP) is 3.84. The summed E-state index contributed by atoms with van der Waals surface area (Å²) in [4.78, 5) is 5.06. The van der Waals surface area contributed by atoms with E-state index in [1.807, 2.05) is 19.1 Å². The highest BCUT2D eigenvalue weighted by Gasteiger charge is 2.15. The molecular weight excluding hydrogens is 278 g/mol. The Morgan fingerprint density at radius 1 is 1.32 bits per heavy atom. The van der Waals surface area contributed by atoms with Gasteiger partial charge in [-0.25, -0.2) is 0 Å². The van der Waals surface area contributed by atoms with Crippen molar-refractivity contribution in [2.75, 3.05) is 6.61 Å². The van der Waals surface area contributed by atoms with Crippen molar-refractivity contribution in [3.63, 3.8) is 0 Å². The molecule has 3 heterocycles. The molecule has 3 rings (SSSR count). The van der Waals surface area contributed by atoms with Gasteiger partial charge in [-0.3, -0.25) is 4.98 Å². The number of aliphatic hydroxyl groups excluding tert-OH is 1. The molecule has 3 nitrogen and oxygen atoms in total. The fourth-order valence-corrected chi connectivity index (χ4v) is 4.05. The first-order valence-corrected chi connectivity index (χ1v) is 7.70. The topological polar surface area (TPSA) is 42.4 Å². The Kier molecular flexibility index (Phi) is 3.50. The highest BCUT2D eigenvalue weighted by Crippen LogP contribution is 2.36. The van der Waals surface area contributed by atoms with E-state index in [1.54, 1.807) is 35.1 Å². The van der Waals surface area contributed by atoms with E-state index in [0.717, 1.165) is 10.4 Å². The quantitative estimate of drug-likeness (QED) is 0.794. The minimum Gasteiger partial charge on any atom is -0.492 e. The van der Waals surface area contributed by atoms with Crippen molar-refractivity contribution in [2.24, 2.45) is 0 Å². The number of nitrogens with zero attached hydrogens (tertiary/aromatic N) is 1. The van der Waals surface area contributed by atoms with Crippen LogP contribution in [-0.4, -0.2) is 16.7 Å². The van der Waals surface area contributed by atoms with Crippen molar-refractivity contribution in [3.8, 4) is 5.75 Å². The van der Waals surface area contributed by atoms with Crippen LogP contribution in [-0.2, 0) is 0 Å². The van der Waals surface area contributed by atoms with E-state index in [9.17, 15) is 5.11 Å². The highest BCUT2D eigenvalue weighted by atomic mass is 32.1. The first-order valence-electron chi connectivity index (χ1n) is 6.00. The standard InChI is InChI=1S/C14H13NO2S2/c1-2-17-10-5-9(7-15-8-10)14(16)13-6-12-11(19-13)3-4-18-12/h3-8,14,16H,2H2,1H3. The van der Waals surface area contributed by atoms with Gasteiger partial charge in [-0.2, -0.15) is 0 Å². The second-order valence-corrected chi connectivity index (χ2v) is 6.15. The Morgan fingerprint density at radius 2 is 2.21 bits per heavy atom. The van der Waals surface area contributed by atoms with Crippen molar-refractivity contribution in [2.45, 2.75) is 13.0 Å². The molecular formula is C14H13NO2S2. The summed E-state index contributed by atoms with van der Waals surface area (Å²) < 4.78 is 7.84. The largest absolute Gasteiger partial charge is 0.492 e. The number of thiophene rings is 2. The number of ether oxygens (including phenoxy) is 1. The molecule has 0 bridgehead atoms. The lowest BCUT2D eigenvalue weighted by Crippen LogP contribution is -1.99. The molecule has 1 atom stereocenters. The van der Waals surface area contributed by atoms with Crippen LogP contribution >= 0.6 is 22.7 Å².